The van der Waals surface area contributed by atoms with Crippen molar-refractivity contribution in [3.63, 3.8) is 0 Å². The molecule has 0 spiro atoms. The molecule has 2 rings (SSSR count). The van der Waals surface area contributed by atoms with Crippen molar-refractivity contribution in [2.24, 2.45) is 0 Å². The highest BCUT2D eigenvalue weighted by Gasteiger charge is 2.26. The molecule has 0 unspecified atom stereocenters. The fraction of sp³-hybridized carbons (Fsp3) is 0.364. The van der Waals surface area contributed by atoms with Crippen LogP contribution in [0.2, 0.25) is 10.0 Å². The highest BCUT2D eigenvalue weighted by Crippen LogP contribution is 2.23. The van der Waals surface area contributed by atoms with Gasteiger partial charge in [-0.25, -0.2) is 0 Å². The summed E-state index contributed by atoms with van der Waals surface area (Å²) in [7, 11) is 0. The lowest BCUT2D eigenvalue weighted by Crippen LogP contribution is -2.49. The molecule has 150 valence electrons. The molecule has 1 atom stereocenters. The van der Waals surface area contributed by atoms with Crippen molar-refractivity contribution in [3.05, 3.63) is 69.2 Å². The smallest absolute Gasteiger partial charge is 0.242 e. The van der Waals surface area contributed by atoms with E-state index in [0.717, 1.165) is 16.7 Å². The number of rotatable bonds is 7. The van der Waals surface area contributed by atoms with Gasteiger partial charge in [-0.05, 0) is 51.0 Å². The largest absolute Gasteiger partial charge is 0.352 e. The molecule has 0 fully saturated rings. The van der Waals surface area contributed by atoms with Crippen LogP contribution in [0.1, 0.15) is 37.5 Å². The van der Waals surface area contributed by atoms with E-state index in [1.807, 2.05) is 45.0 Å². The van der Waals surface area contributed by atoms with Gasteiger partial charge in [0.2, 0.25) is 11.8 Å². The average Bonchev–Trinajstić information content (AvgIpc) is 2.63. The molecular formula is C22H26Cl2N2O2. The third kappa shape index (κ3) is 6.25. The van der Waals surface area contributed by atoms with E-state index in [-0.39, 0.29) is 24.3 Å². The molecule has 2 amide bonds. The molecule has 6 heteroatoms. The molecule has 1 N–H and O–H groups in total. The highest BCUT2D eigenvalue weighted by molar-refractivity contribution is 6.42. The van der Waals surface area contributed by atoms with Crippen LogP contribution < -0.4 is 5.32 Å². The lowest BCUT2D eigenvalue weighted by atomic mass is 10.1. The predicted molar refractivity (Wildman–Crippen MR) is 115 cm³/mol. The number of carbonyl (C=O) groups is 2. The second-order valence-electron chi connectivity index (χ2n) is 7.27. The van der Waals surface area contributed by atoms with Crippen LogP contribution in [-0.4, -0.2) is 28.8 Å². The lowest BCUT2D eigenvalue weighted by molar-refractivity contribution is -0.140. The van der Waals surface area contributed by atoms with Gasteiger partial charge in [0.15, 0.2) is 0 Å². The number of benzene rings is 2. The zero-order chi connectivity index (χ0) is 20.8. The van der Waals surface area contributed by atoms with Gasteiger partial charge in [0.05, 0.1) is 16.5 Å². The minimum absolute atomic E-state index is 0.00125. The number of hydrogen-bond donors (Lipinski definition) is 1. The molecule has 0 saturated heterocycles. The van der Waals surface area contributed by atoms with Gasteiger partial charge in [0.1, 0.15) is 6.04 Å². The summed E-state index contributed by atoms with van der Waals surface area (Å²) in [5, 5.41) is 3.73. The van der Waals surface area contributed by atoms with E-state index in [1.165, 1.54) is 0 Å². The Bertz CT molecular complexity index is 835. The molecule has 28 heavy (non-hydrogen) atoms. The maximum Gasteiger partial charge on any atom is 0.242 e. The van der Waals surface area contributed by atoms with Gasteiger partial charge in [-0.1, -0.05) is 59.1 Å². The van der Waals surface area contributed by atoms with E-state index >= 15 is 0 Å². The third-order valence-corrected chi connectivity index (χ3v) is 5.15. The van der Waals surface area contributed by atoms with Crippen molar-refractivity contribution in [3.8, 4) is 0 Å². The number of nitrogens with zero attached hydrogens (tertiary/aromatic N) is 1. The van der Waals surface area contributed by atoms with Gasteiger partial charge >= 0.3 is 0 Å². The Morgan fingerprint density at radius 1 is 0.964 bits per heavy atom. The number of halogens is 2. The first kappa shape index (κ1) is 22.3. The van der Waals surface area contributed by atoms with E-state index in [4.69, 9.17) is 23.2 Å². The van der Waals surface area contributed by atoms with Gasteiger partial charge < -0.3 is 10.2 Å². The lowest BCUT2D eigenvalue weighted by Gasteiger charge is -2.29. The SMILES string of the molecule is Cc1ccc(CN(C(=O)Cc2ccc(Cl)c(Cl)c2)[C@H](C)C(=O)NC(C)C)cc1. The number of carbonyl (C=O) groups excluding carboxylic acids is 2. The fourth-order valence-electron chi connectivity index (χ4n) is 2.80. The van der Waals surface area contributed by atoms with Crippen LogP contribution in [0.25, 0.3) is 0 Å². The summed E-state index contributed by atoms with van der Waals surface area (Å²) in [5.41, 5.74) is 2.87. The highest BCUT2D eigenvalue weighted by atomic mass is 35.5. The molecule has 4 nitrogen and oxygen atoms in total. The summed E-state index contributed by atoms with van der Waals surface area (Å²) in [6.45, 7) is 7.90. The fourth-order valence-corrected chi connectivity index (χ4v) is 3.12. The van der Waals surface area contributed by atoms with Gasteiger partial charge in [0.25, 0.3) is 0 Å². The van der Waals surface area contributed by atoms with E-state index in [9.17, 15) is 9.59 Å². The molecule has 2 aromatic carbocycles. The van der Waals surface area contributed by atoms with Gasteiger partial charge in [-0.2, -0.15) is 0 Å². The van der Waals surface area contributed by atoms with Crippen LogP contribution in [0.5, 0.6) is 0 Å². The standard InChI is InChI=1S/C22H26Cl2N2O2/c1-14(2)25-22(28)16(4)26(13-17-7-5-15(3)6-8-17)21(27)12-18-9-10-19(23)20(24)11-18/h5-11,14,16H,12-13H2,1-4H3,(H,25,28)/t16-/m1/s1. The minimum Gasteiger partial charge on any atom is -0.352 e. The summed E-state index contributed by atoms with van der Waals surface area (Å²) < 4.78 is 0. The number of aryl methyl sites for hydroxylation is 1. The summed E-state index contributed by atoms with van der Waals surface area (Å²) >= 11 is 12.0. The predicted octanol–water partition coefficient (Wildman–Crippen LogP) is 4.79. The third-order valence-electron chi connectivity index (χ3n) is 4.41. The molecule has 0 bridgehead atoms. The first-order valence-electron chi connectivity index (χ1n) is 9.26. The molecule has 0 saturated carbocycles. The second-order valence-corrected chi connectivity index (χ2v) is 8.09. The van der Waals surface area contributed by atoms with Crippen molar-refractivity contribution >= 4 is 35.0 Å². The zero-order valence-electron chi connectivity index (χ0n) is 16.6. The first-order valence-corrected chi connectivity index (χ1v) is 10.0. The van der Waals surface area contributed by atoms with E-state index in [1.54, 1.807) is 30.0 Å². The Kier molecular flexibility index (Phi) is 7.90. The van der Waals surface area contributed by atoms with Crippen LogP contribution in [0, 0.1) is 6.92 Å². The van der Waals surface area contributed by atoms with E-state index in [2.05, 4.69) is 5.32 Å². The summed E-state index contributed by atoms with van der Waals surface area (Å²) in [5.74, 6) is -0.324. The van der Waals surface area contributed by atoms with E-state index < -0.39 is 6.04 Å². The summed E-state index contributed by atoms with van der Waals surface area (Å²) in [6, 6.07) is 12.5. The number of nitrogens with one attached hydrogen (secondary N) is 1. The van der Waals surface area contributed by atoms with Crippen LogP contribution in [-0.2, 0) is 22.6 Å². The van der Waals surface area contributed by atoms with Crippen molar-refractivity contribution in [2.45, 2.75) is 52.7 Å². The molecule has 0 aliphatic heterocycles. The molecule has 2 aromatic rings. The van der Waals surface area contributed by atoms with Gasteiger partial charge in [-0.15, -0.1) is 0 Å². The molecule has 0 heterocycles. The molecular weight excluding hydrogens is 395 g/mol. The Hall–Kier alpha value is -2.04. The molecule has 0 aromatic heterocycles. The van der Waals surface area contributed by atoms with Crippen LogP contribution >= 0.6 is 23.2 Å². The number of hydrogen-bond acceptors (Lipinski definition) is 2. The minimum atomic E-state index is -0.598. The maximum atomic E-state index is 13.1. The van der Waals surface area contributed by atoms with Crippen LogP contribution in [0.4, 0.5) is 0 Å². The van der Waals surface area contributed by atoms with Crippen LogP contribution in [0.3, 0.4) is 0 Å². The van der Waals surface area contributed by atoms with Gasteiger partial charge in [0, 0.05) is 12.6 Å². The van der Waals surface area contributed by atoms with E-state index in [0.29, 0.717) is 16.6 Å². The Morgan fingerprint density at radius 2 is 1.57 bits per heavy atom. The van der Waals surface area contributed by atoms with Crippen molar-refractivity contribution in [1.82, 2.24) is 10.2 Å². The summed E-state index contributed by atoms with van der Waals surface area (Å²) in [4.78, 5) is 27.2. The van der Waals surface area contributed by atoms with Crippen LogP contribution in [0.15, 0.2) is 42.5 Å². The topological polar surface area (TPSA) is 49.4 Å². The Morgan fingerprint density at radius 3 is 2.14 bits per heavy atom. The monoisotopic (exact) mass is 420 g/mol. The average molecular weight is 421 g/mol. The second kappa shape index (κ2) is 9.94. The summed E-state index contributed by atoms with van der Waals surface area (Å²) in [6.07, 6.45) is 0.141. The molecule has 0 aliphatic carbocycles. The number of amides is 2. The van der Waals surface area contributed by atoms with Crippen molar-refractivity contribution in [1.29, 1.82) is 0 Å². The maximum absolute atomic E-state index is 13.1. The zero-order valence-corrected chi connectivity index (χ0v) is 18.1. The van der Waals surface area contributed by atoms with Gasteiger partial charge in [-0.3, -0.25) is 9.59 Å². The van der Waals surface area contributed by atoms with Crippen molar-refractivity contribution < 1.29 is 9.59 Å². The van der Waals surface area contributed by atoms with Crippen molar-refractivity contribution in [2.75, 3.05) is 0 Å². The Labute approximate surface area is 176 Å². The molecule has 0 radical (unpaired) electrons. The first-order chi connectivity index (χ1) is 13.2. The quantitative estimate of drug-likeness (QED) is 0.699. The normalized spacial score (nSPS) is 12.0. The Balaban J connectivity index is 2.24. The molecule has 0 aliphatic rings.